The third kappa shape index (κ3) is 3.63. The highest BCUT2D eigenvalue weighted by molar-refractivity contribution is 6.29. The molecule has 94 valence electrons. The third-order valence-corrected chi connectivity index (χ3v) is 2.92. The van der Waals surface area contributed by atoms with Gasteiger partial charge in [-0.2, -0.15) is 0 Å². The van der Waals surface area contributed by atoms with Crippen molar-refractivity contribution in [2.24, 2.45) is 0 Å². The molecule has 1 aromatic rings. The highest BCUT2D eigenvalue weighted by atomic mass is 35.5. The number of hydrogen-bond donors (Lipinski definition) is 0. The molecule has 1 aliphatic rings. The fourth-order valence-corrected chi connectivity index (χ4v) is 2.53. The van der Waals surface area contributed by atoms with E-state index in [1.165, 1.54) is 0 Å². The first-order valence-corrected chi connectivity index (χ1v) is 6.28. The van der Waals surface area contributed by atoms with Crippen LogP contribution in [0.1, 0.15) is 25.4 Å². The van der Waals surface area contributed by atoms with Crippen molar-refractivity contribution in [1.82, 2.24) is 14.9 Å². The average Bonchev–Trinajstić information content (AvgIpc) is 2.13. The number of aromatic nitrogens is 2. The topological polar surface area (TPSA) is 38.2 Å². The van der Waals surface area contributed by atoms with Crippen LogP contribution in [0.15, 0.2) is 6.07 Å². The molecule has 2 atom stereocenters. The predicted molar refractivity (Wildman–Crippen MR) is 67.1 cm³/mol. The summed E-state index contributed by atoms with van der Waals surface area (Å²) in [5.74, 6) is 0.788. The van der Waals surface area contributed by atoms with E-state index in [1.54, 1.807) is 6.07 Å². The van der Waals surface area contributed by atoms with E-state index >= 15 is 0 Å². The summed E-state index contributed by atoms with van der Waals surface area (Å²) in [6.07, 6.45) is 0.526. The number of halogens is 1. The quantitative estimate of drug-likeness (QED) is 0.758. The molecule has 2 unspecified atom stereocenters. The predicted octanol–water partition coefficient (Wildman–Crippen LogP) is 2.05. The van der Waals surface area contributed by atoms with Gasteiger partial charge >= 0.3 is 0 Å². The molecule has 1 aliphatic heterocycles. The van der Waals surface area contributed by atoms with Crippen LogP contribution >= 0.6 is 11.6 Å². The smallest absolute Gasteiger partial charge is 0.144 e. The van der Waals surface area contributed by atoms with Crippen LogP contribution in [0.4, 0.5) is 0 Å². The van der Waals surface area contributed by atoms with Gasteiger partial charge in [-0.1, -0.05) is 11.6 Å². The SMILES string of the molecule is Cc1cc(Cl)nc(CN2CC(C)OC(C)C2)n1. The zero-order chi connectivity index (χ0) is 12.4. The Morgan fingerprint density at radius 1 is 1.35 bits per heavy atom. The molecule has 0 aliphatic carbocycles. The Bertz CT molecular complexity index is 369. The Kier molecular flexibility index (Phi) is 3.97. The minimum Gasteiger partial charge on any atom is -0.373 e. The van der Waals surface area contributed by atoms with Crippen molar-refractivity contribution in [2.45, 2.75) is 39.5 Å². The molecule has 2 heterocycles. The molecule has 0 amide bonds. The summed E-state index contributed by atoms with van der Waals surface area (Å²) < 4.78 is 5.69. The van der Waals surface area contributed by atoms with Gasteiger partial charge in [-0.3, -0.25) is 4.90 Å². The van der Waals surface area contributed by atoms with E-state index in [0.29, 0.717) is 5.15 Å². The average molecular weight is 256 g/mol. The van der Waals surface area contributed by atoms with E-state index in [4.69, 9.17) is 16.3 Å². The van der Waals surface area contributed by atoms with Crippen LogP contribution in [0.25, 0.3) is 0 Å². The van der Waals surface area contributed by atoms with Crippen molar-refractivity contribution in [3.8, 4) is 0 Å². The number of ether oxygens (including phenoxy) is 1. The Hall–Kier alpha value is -0.710. The van der Waals surface area contributed by atoms with Crippen LogP contribution in [0.3, 0.4) is 0 Å². The first kappa shape index (κ1) is 12.7. The molecule has 1 aromatic heterocycles. The molecule has 0 aromatic carbocycles. The normalized spacial score (nSPS) is 26.1. The Morgan fingerprint density at radius 3 is 2.59 bits per heavy atom. The van der Waals surface area contributed by atoms with Crippen LogP contribution in [-0.2, 0) is 11.3 Å². The summed E-state index contributed by atoms with van der Waals surface area (Å²) in [7, 11) is 0. The third-order valence-electron chi connectivity index (χ3n) is 2.73. The summed E-state index contributed by atoms with van der Waals surface area (Å²) in [5.41, 5.74) is 0.911. The molecule has 0 saturated carbocycles. The molecule has 0 spiro atoms. The van der Waals surface area contributed by atoms with Crippen molar-refractivity contribution >= 4 is 11.6 Å². The lowest BCUT2D eigenvalue weighted by molar-refractivity contribution is -0.0710. The van der Waals surface area contributed by atoms with Crippen LogP contribution in [0.2, 0.25) is 5.15 Å². The maximum absolute atomic E-state index is 5.93. The largest absolute Gasteiger partial charge is 0.373 e. The van der Waals surface area contributed by atoms with Gasteiger partial charge in [-0.15, -0.1) is 0 Å². The minimum atomic E-state index is 0.263. The maximum Gasteiger partial charge on any atom is 0.144 e. The molecule has 4 nitrogen and oxygen atoms in total. The van der Waals surface area contributed by atoms with Gasteiger partial charge in [0.25, 0.3) is 0 Å². The van der Waals surface area contributed by atoms with Crippen LogP contribution < -0.4 is 0 Å². The van der Waals surface area contributed by atoms with Gasteiger partial charge in [0, 0.05) is 18.8 Å². The summed E-state index contributed by atoms with van der Waals surface area (Å²) in [6.45, 7) is 8.68. The highest BCUT2D eigenvalue weighted by Crippen LogP contribution is 2.14. The van der Waals surface area contributed by atoms with Crippen molar-refractivity contribution in [2.75, 3.05) is 13.1 Å². The molecule has 17 heavy (non-hydrogen) atoms. The summed E-state index contributed by atoms with van der Waals surface area (Å²) >= 11 is 5.93. The lowest BCUT2D eigenvalue weighted by atomic mass is 10.2. The zero-order valence-corrected chi connectivity index (χ0v) is 11.2. The van der Waals surface area contributed by atoms with E-state index in [1.807, 2.05) is 6.92 Å². The molecule has 0 radical (unpaired) electrons. The summed E-state index contributed by atoms with van der Waals surface area (Å²) in [6, 6.07) is 1.77. The molecular weight excluding hydrogens is 238 g/mol. The second-order valence-electron chi connectivity index (χ2n) is 4.70. The monoisotopic (exact) mass is 255 g/mol. The van der Waals surface area contributed by atoms with Gasteiger partial charge < -0.3 is 4.74 Å². The number of rotatable bonds is 2. The second kappa shape index (κ2) is 5.29. The molecule has 0 N–H and O–H groups in total. The van der Waals surface area contributed by atoms with Crippen molar-refractivity contribution in [3.63, 3.8) is 0 Å². The Balaban J connectivity index is 2.04. The molecule has 1 fully saturated rings. The lowest BCUT2D eigenvalue weighted by Crippen LogP contribution is -2.45. The van der Waals surface area contributed by atoms with Gasteiger partial charge in [-0.05, 0) is 26.8 Å². The Morgan fingerprint density at radius 2 is 2.00 bits per heavy atom. The summed E-state index contributed by atoms with van der Waals surface area (Å²) in [4.78, 5) is 11.0. The van der Waals surface area contributed by atoms with Gasteiger partial charge in [0.05, 0.1) is 18.8 Å². The number of nitrogens with zero attached hydrogens (tertiary/aromatic N) is 3. The molecule has 1 saturated heterocycles. The van der Waals surface area contributed by atoms with Crippen molar-refractivity contribution in [3.05, 3.63) is 22.7 Å². The van der Waals surface area contributed by atoms with Gasteiger partial charge in [0.15, 0.2) is 0 Å². The number of hydrogen-bond acceptors (Lipinski definition) is 4. The van der Waals surface area contributed by atoms with Crippen molar-refractivity contribution < 1.29 is 4.74 Å². The summed E-state index contributed by atoms with van der Waals surface area (Å²) in [5, 5.41) is 0.516. The zero-order valence-electron chi connectivity index (χ0n) is 10.5. The van der Waals surface area contributed by atoms with Crippen LogP contribution in [0.5, 0.6) is 0 Å². The molecule has 2 rings (SSSR count). The molecule has 0 bridgehead atoms. The Labute approximate surface area is 107 Å². The number of morpholine rings is 1. The molecule has 5 heteroatoms. The standard InChI is InChI=1S/C12H18ClN3O/c1-8-4-11(13)15-12(14-8)7-16-5-9(2)17-10(3)6-16/h4,9-10H,5-7H2,1-3H3. The fourth-order valence-electron chi connectivity index (χ4n) is 2.27. The first-order chi connectivity index (χ1) is 8.02. The van der Waals surface area contributed by atoms with Crippen LogP contribution in [-0.4, -0.2) is 40.2 Å². The van der Waals surface area contributed by atoms with Gasteiger partial charge in [0.1, 0.15) is 11.0 Å². The van der Waals surface area contributed by atoms with Gasteiger partial charge in [-0.25, -0.2) is 9.97 Å². The maximum atomic E-state index is 5.93. The van der Waals surface area contributed by atoms with E-state index in [2.05, 4.69) is 28.7 Å². The van der Waals surface area contributed by atoms with Crippen LogP contribution in [0, 0.1) is 6.92 Å². The van der Waals surface area contributed by atoms with E-state index in [0.717, 1.165) is 31.2 Å². The van der Waals surface area contributed by atoms with E-state index < -0.39 is 0 Å². The lowest BCUT2D eigenvalue weighted by Gasteiger charge is -2.34. The van der Waals surface area contributed by atoms with Gasteiger partial charge in [0.2, 0.25) is 0 Å². The second-order valence-corrected chi connectivity index (χ2v) is 5.09. The highest BCUT2D eigenvalue weighted by Gasteiger charge is 2.22. The fraction of sp³-hybridized carbons (Fsp3) is 0.667. The molecular formula is C12H18ClN3O. The van der Waals surface area contributed by atoms with Crippen molar-refractivity contribution in [1.29, 1.82) is 0 Å². The van der Waals surface area contributed by atoms with E-state index in [-0.39, 0.29) is 12.2 Å². The van der Waals surface area contributed by atoms with E-state index in [9.17, 15) is 0 Å². The number of aryl methyl sites for hydroxylation is 1. The minimum absolute atomic E-state index is 0.263. The first-order valence-electron chi connectivity index (χ1n) is 5.91.